The van der Waals surface area contributed by atoms with E-state index in [4.69, 9.17) is 5.11 Å². The van der Waals surface area contributed by atoms with Crippen molar-refractivity contribution in [2.45, 2.75) is 135 Å². The minimum atomic E-state index is -0.903. The Balaban J connectivity index is 1.83. The van der Waals surface area contributed by atoms with Gasteiger partial charge in [0.2, 0.25) is 0 Å². The van der Waals surface area contributed by atoms with Crippen molar-refractivity contribution in [2.24, 2.45) is 0 Å². The second-order valence-electron chi connectivity index (χ2n) is 10.8. The molecule has 33 heavy (non-hydrogen) atoms. The highest BCUT2D eigenvalue weighted by molar-refractivity contribution is 6.77. The molecule has 0 amide bonds. The zero-order chi connectivity index (χ0) is 24.2. The van der Waals surface area contributed by atoms with E-state index in [0.29, 0.717) is 5.56 Å². The average Bonchev–Trinajstić information content (AvgIpc) is 2.79. The highest BCUT2D eigenvalue weighted by Crippen LogP contribution is 2.23. The number of carboxylic acids is 1. The normalized spacial score (nSPS) is 11.6. The van der Waals surface area contributed by atoms with Crippen LogP contribution in [-0.4, -0.2) is 25.7 Å². The molecule has 0 aliphatic rings. The molecule has 0 spiro atoms. The average molecular weight is 476 g/mol. The van der Waals surface area contributed by atoms with Crippen LogP contribution in [-0.2, 0) is 0 Å². The number of carboxylic acid groups (broad SMARTS) is 1. The molecule has 1 aromatic rings. The quantitative estimate of drug-likeness (QED) is 0.130. The summed E-state index contributed by atoms with van der Waals surface area (Å²) in [5, 5.41) is 12.3. The zero-order valence-electron chi connectivity index (χ0n) is 22.1. The van der Waals surface area contributed by atoms with E-state index in [1.54, 1.807) is 24.2 Å². The highest BCUT2D eigenvalue weighted by Gasteiger charge is 2.18. The number of aromatic carboxylic acids is 1. The lowest BCUT2D eigenvalue weighted by Gasteiger charge is -2.22. The van der Waals surface area contributed by atoms with Crippen molar-refractivity contribution in [1.82, 2.24) is 0 Å². The SMILES string of the molecule is CCCCCC[Si](C)(C)CCCCCCCCCCCCCCNc1ccc(C(=O)O)cc1. The van der Waals surface area contributed by atoms with Gasteiger partial charge in [-0.3, -0.25) is 0 Å². The fourth-order valence-electron chi connectivity index (χ4n) is 4.62. The molecule has 190 valence electrons. The Kier molecular flexibility index (Phi) is 17.2. The lowest BCUT2D eigenvalue weighted by atomic mass is 10.1. The van der Waals surface area contributed by atoms with Crippen LogP contribution in [0.4, 0.5) is 5.69 Å². The number of hydrogen-bond donors (Lipinski definition) is 2. The van der Waals surface area contributed by atoms with Crippen LogP contribution in [0.1, 0.15) is 120 Å². The second-order valence-corrected chi connectivity index (χ2v) is 16.1. The third kappa shape index (κ3) is 16.9. The number of unbranched alkanes of at least 4 members (excludes halogenated alkanes) is 14. The van der Waals surface area contributed by atoms with Gasteiger partial charge in [0.15, 0.2) is 0 Å². The molecular formula is C29H53NO2Si. The first kappa shape index (κ1) is 29.7. The van der Waals surface area contributed by atoms with E-state index in [1.807, 2.05) is 12.1 Å². The lowest BCUT2D eigenvalue weighted by molar-refractivity contribution is 0.0697. The largest absolute Gasteiger partial charge is 0.478 e. The number of nitrogens with one attached hydrogen (secondary N) is 1. The van der Waals surface area contributed by atoms with Crippen LogP contribution in [0.15, 0.2) is 24.3 Å². The first-order valence-electron chi connectivity index (χ1n) is 14.0. The number of benzene rings is 1. The maximum atomic E-state index is 10.9. The van der Waals surface area contributed by atoms with E-state index >= 15 is 0 Å². The van der Waals surface area contributed by atoms with Gasteiger partial charge < -0.3 is 10.4 Å². The van der Waals surface area contributed by atoms with Crippen LogP contribution in [0, 0.1) is 0 Å². The molecule has 0 aliphatic heterocycles. The van der Waals surface area contributed by atoms with Crippen LogP contribution < -0.4 is 5.32 Å². The van der Waals surface area contributed by atoms with Crippen molar-refractivity contribution in [2.75, 3.05) is 11.9 Å². The van der Waals surface area contributed by atoms with E-state index in [1.165, 1.54) is 103 Å². The first-order valence-corrected chi connectivity index (χ1v) is 17.4. The minimum Gasteiger partial charge on any atom is -0.478 e. The summed E-state index contributed by atoms with van der Waals surface area (Å²) in [6, 6.07) is 10.1. The van der Waals surface area contributed by atoms with Crippen molar-refractivity contribution < 1.29 is 9.90 Å². The third-order valence-electron chi connectivity index (χ3n) is 6.95. The van der Waals surface area contributed by atoms with Crippen molar-refractivity contribution in [3.63, 3.8) is 0 Å². The van der Waals surface area contributed by atoms with Crippen molar-refractivity contribution in [1.29, 1.82) is 0 Å². The molecule has 0 radical (unpaired) electrons. The summed E-state index contributed by atoms with van der Waals surface area (Å²) in [6.45, 7) is 8.48. The maximum absolute atomic E-state index is 10.9. The summed E-state index contributed by atoms with van der Waals surface area (Å²) in [5.74, 6) is -0.870. The van der Waals surface area contributed by atoms with Gasteiger partial charge in [-0.2, -0.15) is 0 Å². The Labute approximate surface area is 206 Å². The van der Waals surface area contributed by atoms with Gasteiger partial charge in [0.1, 0.15) is 0 Å². The number of rotatable bonds is 22. The molecule has 3 nitrogen and oxygen atoms in total. The summed E-state index contributed by atoms with van der Waals surface area (Å²) in [4.78, 5) is 10.9. The van der Waals surface area contributed by atoms with Gasteiger partial charge in [0.05, 0.1) is 5.56 Å². The molecule has 0 saturated carbocycles. The standard InChI is InChI=1S/C29H53NO2Si/c1-4-5-6-18-25-33(2,3)26-19-16-14-12-10-8-7-9-11-13-15-17-24-30-28-22-20-27(21-23-28)29(31)32/h20-23,30H,4-19,24-26H2,1-3H3,(H,31,32). The van der Waals surface area contributed by atoms with Crippen molar-refractivity contribution >= 4 is 19.7 Å². The molecule has 1 rings (SSSR count). The van der Waals surface area contributed by atoms with E-state index in [-0.39, 0.29) is 0 Å². The lowest BCUT2D eigenvalue weighted by Crippen LogP contribution is -2.24. The fourth-order valence-corrected chi connectivity index (χ4v) is 7.28. The Morgan fingerprint density at radius 1 is 0.697 bits per heavy atom. The number of carbonyl (C=O) groups is 1. The minimum absolute atomic E-state index is 0.342. The summed E-state index contributed by atoms with van der Waals surface area (Å²) in [6.07, 6.45) is 22.4. The number of anilines is 1. The number of hydrogen-bond acceptors (Lipinski definition) is 2. The van der Waals surface area contributed by atoms with Crippen LogP contribution in [0.25, 0.3) is 0 Å². The van der Waals surface area contributed by atoms with Crippen LogP contribution in [0.5, 0.6) is 0 Å². The molecule has 0 fully saturated rings. The molecular weight excluding hydrogens is 422 g/mol. The molecule has 4 heteroatoms. The summed E-state index contributed by atoms with van der Waals surface area (Å²) in [7, 11) is -0.903. The van der Waals surface area contributed by atoms with Crippen LogP contribution >= 0.6 is 0 Å². The summed E-state index contributed by atoms with van der Waals surface area (Å²) in [5.41, 5.74) is 1.35. The van der Waals surface area contributed by atoms with Gasteiger partial charge in [0.25, 0.3) is 0 Å². The van der Waals surface area contributed by atoms with Crippen molar-refractivity contribution in [3.05, 3.63) is 29.8 Å². The Hall–Kier alpha value is -1.29. The Morgan fingerprint density at radius 3 is 1.58 bits per heavy atom. The van der Waals surface area contributed by atoms with Crippen LogP contribution in [0.2, 0.25) is 25.2 Å². The van der Waals surface area contributed by atoms with E-state index in [9.17, 15) is 4.79 Å². The molecule has 0 saturated heterocycles. The molecule has 0 heterocycles. The van der Waals surface area contributed by atoms with Gasteiger partial charge >= 0.3 is 5.97 Å². The Bertz CT molecular complexity index is 600. The molecule has 0 bridgehead atoms. The second kappa shape index (κ2) is 19.1. The van der Waals surface area contributed by atoms with Crippen molar-refractivity contribution in [3.8, 4) is 0 Å². The summed E-state index contributed by atoms with van der Waals surface area (Å²) >= 11 is 0. The van der Waals surface area contributed by atoms with E-state index in [2.05, 4.69) is 25.3 Å². The highest BCUT2D eigenvalue weighted by atomic mass is 28.3. The molecule has 0 unspecified atom stereocenters. The summed E-state index contributed by atoms with van der Waals surface area (Å²) < 4.78 is 0. The monoisotopic (exact) mass is 475 g/mol. The molecule has 0 aromatic heterocycles. The maximum Gasteiger partial charge on any atom is 0.335 e. The molecule has 2 N–H and O–H groups in total. The molecule has 0 atom stereocenters. The van der Waals surface area contributed by atoms with Gasteiger partial charge in [-0.15, -0.1) is 0 Å². The topological polar surface area (TPSA) is 49.3 Å². The zero-order valence-corrected chi connectivity index (χ0v) is 23.1. The first-order chi connectivity index (χ1) is 15.9. The van der Waals surface area contributed by atoms with E-state index < -0.39 is 14.0 Å². The molecule has 0 aliphatic carbocycles. The fraction of sp³-hybridized carbons (Fsp3) is 0.759. The molecule has 1 aromatic carbocycles. The van der Waals surface area contributed by atoms with Gasteiger partial charge in [-0.05, 0) is 30.7 Å². The van der Waals surface area contributed by atoms with Crippen LogP contribution in [0.3, 0.4) is 0 Å². The predicted molar refractivity (Wildman–Crippen MR) is 149 cm³/mol. The third-order valence-corrected chi connectivity index (χ3v) is 10.4. The van der Waals surface area contributed by atoms with E-state index in [0.717, 1.165) is 12.2 Å². The Morgan fingerprint density at radius 2 is 1.12 bits per heavy atom. The smallest absolute Gasteiger partial charge is 0.335 e. The van der Waals surface area contributed by atoms with Gasteiger partial charge in [0, 0.05) is 20.3 Å². The predicted octanol–water partition coefficient (Wildman–Crippen LogP) is 9.77. The van der Waals surface area contributed by atoms with Gasteiger partial charge in [-0.25, -0.2) is 4.79 Å². The van der Waals surface area contributed by atoms with Gasteiger partial charge in [-0.1, -0.05) is 128 Å².